The molecule has 14 heavy (non-hydrogen) atoms. The van der Waals surface area contributed by atoms with Crippen molar-refractivity contribution in [3.63, 3.8) is 0 Å². The molecule has 1 fully saturated rings. The monoisotopic (exact) mass is 261 g/mol. The average molecular weight is 262 g/mol. The maximum Gasteiger partial charge on any atom is 0.222 e. The molecule has 0 heterocycles. The zero-order chi connectivity index (χ0) is 10.6. The molecule has 0 bridgehead atoms. The molecule has 0 aromatic rings. The molecule has 1 aliphatic carbocycles. The van der Waals surface area contributed by atoms with E-state index in [1.165, 1.54) is 12.8 Å². The van der Waals surface area contributed by atoms with Crippen molar-refractivity contribution in [2.24, 2.45) is 11.8 Å². The van der Waals surface area contributed by atoms with Gasteiger partial charge in [0.1, 0.15) is 0 Å². The molecule has 1 saturated carbocycles. The van der Waals surface area contributed by atoms with Crippen molar-refractivity contribution < 1.29 is 4.79 Å². The van der Waals surface area contributed by atoms with Gasteiger partial charge in [0.25, 0.3) is 0 Å². The summed E-state index contributed by atoms with van der Waals surface area (Å²) in [6.07, 6.45) is 4.78. The standard InChI is InChI=1S/C11H20BrNO/c1-8(2)11(14)13-10-5-3-9(7-12)4-6-10/h8-10H,3-7H2,1-2H3,(H,13,14). The van der Waals surface area contributed by atoms with Crippen molar-refractivity contribution in [1.82, 2.24) is 5.32 Å². The molecule has 0 aromatic heterocycles. The first-order valence-electron chi connectivity index (χ1n) is 5.49. The Labute approximate surface area is 95.0 Å². The van der Waals surface area contributed by atoms with Crippen LogP contribution in [0.25, 0.3) is 0 Å². The zero-order valence-electron chi connectivity index (χ0n) is 9.05. The van der Waals surface area contributed by atoms with Gasteiger partial charge in [-0.3, -0.25) is 4.79 Å². The Morgan fingerprint density at radius 1 is 1.36 bits per heavy atom. The summed E-state index contributed by atoms with van der Waals surface area (Å²) in [6.45, 7) is 3.89. The highest BCUT2D eigenvalue weighted by atomic mass is 79.9. The fourth-order valence-corrected chi connectivity index (χ4v) is 2.48. The third-order valence-corrected chi connectivity index (χ3v) is 3.85. The second kappa shape index (κ2) is 5.74. The van der Waals surface area contributed by atoms with E-state index in [1.807, 2.05) is 13.8 Å². The van der Waals surface area contributed by atoms with E-state index in [0.717, 1.165) is 24.1 Å². The quantitative estimate of drug-likeness (QED) is 0.778. The molecule has 82 valence electrons. The molecule has 0 aromatic carbocycles. The van der Waals surface area contributed by atoms with Gasteiger partial charge in [0.15, 0.2) is 0 Å². The molecular formula is C11H20BrNO. The maximum atomic E-state index is 11.4. The molecule has 0 saturated heterocycles. The van der Waals surface area contributed by atoms with Gasteiger partial charge in [-0.05, 0) is 31.6 Å². The lowest BCUT2D eigenvalue weighted by molar-refractivity contribution is -0.124. The van der Waals surface area contributed by atoms with E-state index in [-0.39, 0.29) is 11.8 Å². The maximum absolute atomic E-state index is 11.4. The van der Waals surface area contributed by atoms with Crippen LogP contribution in [0.4, 0.5) is 0 Å². The van der Waals surface area contributed by atoms with E-state index in [4.69, 9.17) is 0 Å². The minimum absolute atomic E-state index is 0.115. The van der Waals surface area contributed by atoms with E-state index < -0.39 is 0 Å². The molecule has 1 rings (SSSR count). The summed E-state index contributed by atoms with van der Waals surface area (Å²) in [4.78, 5) is 11.4. The van der Waals surface area contributed by atoms with E-state index in [1.54, 1.807) is 0 Å². The van der Waals surface area contributed by atoms with Crippen LogP contribution in [0.2, 0.25) is 0 Å². The van der Waals surface area contributed by atoms with Crippen molar-refractivity contribution in [3.05, 3.63) is 0 Å². The van der Waals surface area contributed by atoms with Crippen LogP contribution in [0.3, 0.4) is 0 Å². The second-order valence-corrected chi connectivity index (χ2v) is 5.18. The lowest BCUT2D eigenvalue weighted by atomic mass is 9.87. The fraction of sp³-hybridized carbons (Fsp3) is 0.909. The highest BCUT2D eigenvalue weighted by Crippen LogP contribution is 2.25. The summed E-state index contributed by atoms with van der Waals surface area (Å²) in [5, 5.41) is 4.22. The smallest absolute Gasteiger partial charge is 0.222 e. The first-order chi connectivity index (χ1) is 6.63. The number of carbonyl (C=O) groups excluding carboxylic acids is 1. The van der Waals surface area contributed by atoms with Crippen LogP contribution < -0.4 is 5.32 Å². The number of halogens is 1. The van der Waals surface area contributed by atoms with Crippen LogP contribution in [0.15, 0.2) is 0 Å². The Balaban J connectivity index is 2.25. The molecule has 1 amide bonds. The largest absolute Gasteiger partial charge is 0.353 e. The highest BCUT2D eigenvalue weighted by Gasteiger charge is 2.22. The number of hydrogen-bond acceptors (Lipinski definition) is 1. The third-order valence-electron chi connectivity index (χ3n) is 2.94. The SMILES string of the molecule is CC(C)C(=O)NC1CCC(CBr)CC1. The van der Waals surface area contributed by atoms with E-state index in [2.05, 4.69) is 21.2 Å². The molecule has 3 heteroatoms. The summed E-state index contributed by atoms with van der Waals surface area (Å²) in [7, 11) is 0. The lowest BCUT2D eigenvalue weighted by Crippen LogP contribution is -2.39. The molecule has 1 N–H and O–H groups in total. The Kier molecular flexibility index (Phi) is 4.93. The van der Waals surface area contributed by atoms with E-state index in [0.29, 0.717) is 6.04 Å². The Hall–Kier alpha value is -0.0500. The first kappa shape index (κ1) is 12.0. The summed E-state index contributed by atoms with van der Waals surface area (Å²) in [6, 6.07) is 0.431. The van der Waals surface area contributed by atoms with Crippen LogP contribution >= 0.6 is 15.9 Å². The number of amides is 1. The van der Waals surface area contributed by atoms with Gasteiger partial charge in [-0.25, -0.2) is 0 Å². The number of hydrogen-bond donors (Lipinski definition) is 1. The van der Waals surface area contributed by atoms with Crippen LogP contribution in [-0.2, 0) is 4.79 Å². The lowest BCUT2D eigenvalue weighted by Gasteiger charge is -2.28. The Bertz CT molecular complexity index is 186. The predicted octanol–water partition coefficient (Wildman–Crippen LogP) is 2.71. The van der Waals surface area contributed by atoms with Gasteiger partial charge in [0.05, 0.1) is 0 Å². The molecular weight excluding hydrogens is 242 g/mol. The second-order valence-electron chi connectivity index (χ2n) is 4.54. The van der Waals surface area contributed by atoms with Crippen LogP contribution in [0.5, 0.6) is 0 Å². The highest BCUT2D eigenvalue weighted by molar-refractivity contribution is 9.09. The Morgan fingerprint density at radius 2 is 1.93 bits per heavy atom. The number of nitrogens with one attached hydrogen (secondary N) is 1. The minimum atomic E-state index is 0.115. The van der Waals surface area contributed by atoms with Gasteiger partial charge in [-0.2, -0.15) is 0 Å². The van der Waals surface area contributed by atoms with Gasteiger partial charge in [-0.1, -0.05) is 29.8 Å². The molecule has 2 nitrogen and oxygen atoms in total. The van der Waals surface area contributed by atoms with Crippen molar-refractivity contribution in [2.45, 2.75) is 45.6 Å². The molecule has 1 aliphatic rings. The third kappa shape index (κ3) is 3.60. The van der Waals surface area contributed by atoms with Gasteiger partial charge >= 0.3 is 0 Å². The van der Waals surface area contributed by atoms with Crippen molar-refractivity contribution in [3.8, 4) is 0 Å². The molecule has 0 radical (unpaired) electrons. The van der Waals surface area contributed by atoms with Gasteiger partial charge in [0.2, 0.25) is 5.91 Å². The van der Waals surface area contributed by atoms with Gasteiger partial charge < -0.3 is 5.32 Å². The summed E-state index contributed by atoms with van der Waals surface area (Å²) < 4.78 is 0. The molecule has 0 unspecified atom stereocenters. The van der Waals surface area contributed by atoms with Crippen molar-refractivity contribution in [1.29, 1.82) is 0 Å². The molecule has 0 aliphatic heterocycles. The number of carbonyl (C=O) groups is 1. The van der Waals surface area contributed by atoms with E-state index >= 15 is 0 Å². The van der Waals surface area contributed by atoms with Gasteiger partial charge in [0, 0.05) is 17.3 Å². The van der Waals surface area contributed by atoms with Crippen LogP contribution in [-0.4, -0.2) is 17.3 Å². The van der Waals surface area contributed by atoms with Crippen LogP contribution in [0, 0.1) is 11.8 Å². The molecule has 0 atom stereocenters. The predicted molar refractivity (Wildman–Crippen MR) is 62.5 cm³/mol. The summed E-state index contributed by atoms with van der Waals surface area (Å²) in [5.74, 6) is 1.14. The Morgan fingerprint density at radius 3 is 2.36 bits per heavy atom. The summed E-state index contributed by atoms with van der Waals surface area (Å²) >= 11 is 3.52. The van der Waals surface area contributed by atoms with Crippen LogP contribution in [0.1, 0.15) is 39.5 Å². The van der Waals surface area contributed by atoms with Crippen molar-refractivity contribution >= 4 is 21.8 Å². The van der Waals surface area contributed by atoms with E-state index in [9.17, 15) is 4.79 Å². The fourth-order valence-electron chi connectivity index (χ4n) is 1.83. The first-order valence-corrected chi connectivity index (χ1v) is 6.62. The summed E-state index contributed by atoms with van der Waals surface area (Å²) in [5.41, 5.74) is 0. The minimum Gasteiger partial charge on any atom is -0.353 e. The number of rotatable bonds is 3. The van der Waals surface area contributed by atoms with Crippen molar-refractivity contribution in [2.75, 3.05) is 5.33 Å². The zero-order valence-corrected chi connectivity index (χ0v) is 10.6. The normalized spacial score (nSPS) is 27.7. The van der Waals surface area contributed by atoms with Gasteiger partial charge in [-0.15, -0.1) is 0 Å². The topological polar surface area (TPSA) is 29.1 Å². The number of alkyl halides is 1. The molecule has 0 spiro atoms. The average Bonchev–Trinajstić information content (AvgIpc) is 2.19.